The third-order valence-electron chi connectivity index (χ3n) is 4.94. The van der Waals surface area contributed by atoms with Crippen molar-refractivity contribution in [2.24, 2.45) is 5.92 Å². The molecule has 2 aromatic rings. The Labute approximate surface area is 180 Å². The fourth-order valence-corrected chi connectivity index (χ4v) is 3.56. The van der Waals surface area contributed by atoms with Gasteiger partial charge < -0.3 is 15.5 Å². The van der Waals surface area contributed by atoms with E-state index in [0.29, 0.717) is 42.3 Å². The van der Waals surface area contributed by atoms with Crippen molar-refractivity contribution in [2.45, 2.75) is 19.8 Å². The third-order valence-corrected chi connectivity index (χ3v) is 5.26. The molecule has 0 saturated carbocycles. The number of hydrogen-bond donors (Lipinski definition) is 2. The number of likely N-dealkylation sites (tertiary alicyclic amines) is 1. The lowest BCUT2D eigenvalue weighted by atomic mass is 9.95. The number of benzene rings is 2. The zero-order chi connectivity index (χ0) is 21.5. The zero-order valence-electron chi connectivity index (χ0n) is 16.7. The van der Waals surface area contributed by atoms with Crippen LogP contribution in [-0.2, 0) is 14.4 Å². The van der Waals surface area contributed by atoms with E-state index in [1.165, 1.54) is 6.92 Å². The van der Waals surface area contributed by atoms with Crippen molar-refractivity contribution in [3.8, 4) is 0 Å². The predicted octanol–water partition coefficient (Wildman–Crippen LogP) is 4.19. The SMILES string of the molecule is CC(=O)Nc1ccc(NC(=O)C2CCN(C(=O)/C=C/c3ccccc3)CC2)cc1Cl. The first-order chi connectivity index (χ1) is 14.4. The summed E-state index contributed by atoms with van der Waals surface area (Å²) in [7, 11) is 0. The van der Waals surface area contributed by atoms with Gasteiger partial charge in [-0.1, -0.05) is 41.9 Å². The van der Waals surface area contributed by atoms with Crippen LogP contribution in [0.2, 0.25) is 5.02 Å². The van der Waals surface area contributed by atoms with Gasteiger partial charge in [0.25, 0.3) is 0 Å². The average Bonchev–Trinajstić information content (AvgIpc) is 2.74. The average molecular weight is 426 g/mol. The molecular weight excluding hydrogens is 402 g/mol. The van der Waals surface area contributed by atoms with Crippen molar-refractivity contribution in [3.63, 3.8) is 0 Å². The molecule has 2 N–H and O–H groups in total. The van der Waals surface area contributed by atoms with E-state index in [2.05, 4.69) is 10.6 Å². The maximum absolute atomic E-state index is 12.6. The summed E-state index contributed by atoms with van der Waals surface area (Å²) in [5, 5.41) is 5.85. The van der Waals surface area contributed by atoms with Gasteiger partial charge in [0, 0.05) is 37.7 Å². The summed E-state index contributed by atoms with van der Waals surface area (Å²) < 4.78 is 0. The molecule has 3 amide bonds. The summed E-state index contributed by atoms with van der Waals surface area (Å²) in [5.41, 5.74) is 2.05. The fraction of sp³-hybridized carbons (Fsp3) is 0.261. The van der Waals surface area contributed by atoms with Crippen LogP contribution < -0.4 is 10.6 Å². The first-order valence-electron chi connectivity index (χ1n) is 9.82. The van der Waals surface area contributed by atoms with Crippen LogP contribution in [0.4, 0.5) is 11.4 Å². The van der Waals surface area contributed by atoms with Gasteiger partial charge in [-0.3, -0.25) is 14.4 Å². The van der Waals surface area contributed by atoms with Crippen LogP contribution in [0, 0.1) is 5.92 Å². The third kappa shape index (κ3) is 5.94. The Morgan fingerprint density at radius 3 is 2.37 bits per heavy atom. The monoisotopic (exact) mass is 425 g/mol. The molecule has 2 aromatic carbocycles. The van der Waals surface area contributed by atoms with Crippen LogP contribution in [0.25, 0.3) is 6.08 Å². The lowest BCUT2D eigenvalue weighted by Gasteiger charge is -2.30. The number of piperidine rings is 1. The summed E-state index contributed by atoms with van der Waals surface area (Å²) >= 11 is 6.15. The number of hydrogen-bond acceptors (Lipinski definition) is 3. The molecule has 1 aliphatic heterocycles. The highest BCUT2D eigenvalue weighted by molar-refractivity contribution is 6.34. The molecule has 0 unspecified atom stereocenters. The zero-order valence-corrected chi connectivity index (χ0v) is 17.5. The molecule has 156 valence electrons. The van der Waals surface area contributed by atoms with E-state index >= 15 is 0 Å². The maximum Gasteiger partial charge on any atom is 0.246 e. The van der Waals surface area contributed by atoms with Crippen molar-refractivity contribution >= 4 is 46.8 Å². The predicted molar refractivity (Wildman–Crippen MR) is 119 cm³/mol. The van der Waals surface area contributed by atoms with E-state index in [9.17, 15) is 14.4 Å². The summed E-state index contributed by atoms with van der Waals surface area (Å²) in [4.78, 5) is 37.9. The Kier molecular flexibility index (Phi) is 7.25. The molecule has 0 aliphatic carbocycles. The highest BCUT2D eigenvalue weighted by atomic mass is 35.5. The second kappa shape index (κ2) is 10.1. The molecule has 0 bridgehead atoms. The van der Waals surface area contributed by atoms with E-state index in [1.807, 2.05) is 30.3 Å². The molecule has 1 heterocycles. The van der Waals surface area contributed by atoms with Crippen molar-refractivity contribution in [2.75, 3.05) is 23.7 Å². The Morgan fingerprint density at radius 2 is 1.73 bits per heavy atom. The molecule has 0 atom stereocenters. The van der Waals surface area contributed by atoms with Gasteiger partial charge in [-0.2, -0.15) is 0 Å². The topological polar surface area (TPSA) is 78.5 Å². The van der Waals surface area contributed by atoms with Crippen LogP contribution in [0.5, 0.6) is 0 Å². The Bertz CT molecular complexity index is 951. The number of nitrogens with zero attached hydrogens (tertiary/aromatic N) is 1. The Hall–Kier alpha value is -3.12. The Morgan fingerprint density at radius 1 is 1.03 bits per heavy atom. The molecule has 0 aromatic heterocycles. The Balaban J connectivity index is 1.50. The molecular formula is C23H24ClN3O3. The molecule has 30 heavy (non-hydrogen) atoms. The van der Waals surface area contributed by atoms with Gasteiger partial charge >= 0.3 is 0 Å². The minimum Gasteiger partial charge on any atom is -0.339 e. The molecule has 1 aliphatic rings. The van der Waals surface area contributed by atoms with Gasteiger partial charge in [0.05, 0.1) is 10.7 Å². The lowest BCUT2D eigenvalue weighted by molar-refractivity contribution is -0.130. The number of rotatable bonds is 5. The standard InChI is InChI=1S/C23H24ClN3O3/c1-16(28)25-21-9-8-19(15-20(21)24)26-23(30)18-11-13-27(14-12-18)22(29)10-7-17-5-3-2-4-6-17/h2-10,15,18H,11-14H2,1H3,(H,25,28)(H,26,30)/b10-7+. The smallest absolute Gasteiger partial charge is 0.246 e. The summed E-state index contributed by atoms with van der Waals surface area (Å²) in [6.45, 7) is 2.48. The minimum atomic E-state index is -0.214. The number of anilines is 2. The largest absolute Gasteiger partial charge is 0.339 e. The van der Waals surface area contributed by atoms with Gasteiger partial charge in [0.15, 0.2) is 0 Å². The highest BCUT2D eigenvalue weighted by Gasteiger charge is 2.26. The molecule has 0 radical (unpaired) electrons. The van der Waals surface area contributed by atoms with Crippen LogP contribution in [0.3, 0.4) is 0 Å². The van der Waals surface area contributed by atoms with Crippen molar-refractivity contribution in [1.82, 2.24) is 4.90 Å². The number of amides is 3. The maximum atomic E-state index is 12.6. The summed E-state index contributed by atoms with van der Waals surface area (Å²) in [5.74, 6) is -0.516. The molecule has 6 nitrogen and oxygen atoms in total. The first-order valence-corrected chi connectivity index (χ1v) is 10.2. The van der Waals surface area contributed by atoms with Crippen LogP contribution >= 0.6 is 11.6 Å². The van der Waals surface area contributed by atoms with Gasteiger partial charge in [0.2, 0.25) is 17.7 Å². The molecule has 7 heteroatoms. The normalized spacial score (nSPS) is 14.5. The van der Waals surface area contributed by atoms with E-state index in [-0.39, 0.29) is 23.6 Å². The summed E-state index contributed by atoms with van der Waals surface area (Å²) in [6.07, 6.45) is 4.59. The second-order valence-electron chi connectivity index (χ2n) is 7.21. The second-order valence-corrected chi connectivity index (χ2v) is 7.62. The molecule has 1 fully saturated rings. The number of nitrogens with one attached hydrogen (secondary N) is 2. The fourth-order valence-electron chi connectivity index (χ4n) is 3.33. The highest BCUT2D eigenvalue weighted by Crippen LogP contribution is 2.27. The van der Waals surface area contributed by atoms with Crippen molar-refractivity contribution in [3.05, 3.63) is 65.2 Å². The van der Waals surface area contributed by atoms with Gasteiger partial charge in [-0.05, 0) is 42.7 Å². The van der Waals surface area contributed by atoms with Crippen LogP contribution in [0.1, 0.15) is 25.3 Å². The van der Waals surface area contributed by atoms with Gasteiger partial charge in [-0.25, -0.2) is 0 Å². The lowest BCUT2D eigenvalue weighted by Crippen LogP contribution is -2.40. The van der Waals surface area contributed by atoms with Crippen LogP contribution in [0.15, 0.2) is 54.6 Å². The van der Waals surface area contributed by atoms with E-state index < -0.39 is 0 Å². The van der Waals surface area contributed by atoms with Crippen molar-refractivity contribution < 1.29 is 14.4 Å². The molecule has 3 rings (SSSR count). The van der Waals surface area contributed by atoms with E-state index in [1.54, 1.807) is 35.3 Å². The number of carbonyl (C=O) groups is 3. The van der Waals surface area contributed by atoms with Gasteiger partial charge in [-0.15, -0.1) is 0 Å². The molecule has 0 spiro atoms. The van der Waals surface area contributed by atoms with Gasteiger partial charge in [0.1, 0.15) is 0 Å². The number of halogens is 1. The number of carbonyl (C=O) groups excluding carboxylic acids is 3. The quantitative estimate of drug-likeness (QED) is 0.705. The first kappa shape index (κ1) is 21.6. The minimum absolute atomic E-state index is 0.0435. The van der Waals surface area contributed by atoms with Crippen LogP contribution in [-0.4, -0.2) is 35.7 Å². The van der Waals surface area contributed by atoms with Crippen molar-refractivity contribution in [1.29, 1.82) is 0 Å². The van der Waals surface area contributed by atoms with E-state index in [0.717, 1.165) is 5.56 Å². The summed E-state index contributed by atoms with van der Waals surface area (Å²) in [6, 6.07) is 14.6. The van der Waals surface area contributed by atoms with E-state index in [4.69, 9.17) is 11.6 Å². The molecule has 1 saturated heterocycles.